The van der Waals surface area contributed by atoms with Gasteiger partial charge in [-0.05, 0) is 69.7 Å². The van der Waals surface area contributed by atoms with E-state index >= 15 is 0 Å². The summed E-state index contributed by atoms with van der Waals surface area (Å²) in [6, 6.07) is 7.65. The molecule has 6 N–H and O–H groups in total. The lowest BCUT2D eigenvalue weighted by atomic mass is 9.99. The molecule has 338 valence electrons. The van der Waals surface area contributed by atoms with Crippen molar-refractivity contribution in [3.63, 3.8) is 0 Å². The first-order chi connectivity index (χ1) is 29.9. The maximum atomic E-state index is 12.8. The van der Waals surface area contributed by atoms with Crippen molar-refractivity contribution in [2.75, 3.05) is 71.4 Å². The molecule has 5 heterocycles. The van der Waals surface area contributed by atoms with Gasteiger partial charge >= 0.3 is 0 Å². The van der Waals surface area contributed by atoms with E-state index in [1.807, 2.05) is 54.4 Å². The first kappa shape index (κ1) is 47.6. The van der Waals surface area contributed by atoms with E-state index in [0.717, 1.165) is 82.5 Å². The number of unbranched alkanes of at least 4 members (excludes halogenated alkanes) is 6. The number of aliphatic hydroxyl groups is 3. The second kappa shape index (κ2) is 23.2. The van der Waals surface area contributed by atoms with Gasteiger partial charge in [0.1, 0.15) is 19.0 Å². The number of rotatable bonds is 23. The predicted molar refractivity (Wildman–Crippen MR) is 245 cm³/mol. The Morgan fingerprint density at radius 1 is 1.02 bits per heavy atom. The minimum absolute atomic E-state index is 0.0621. The first-order valence-electron chi connectivity index (χ1n) is 21.7. The topological polar surface area (TPSA) is 183 Å². The standard InChI is InChI=1S/C44H61Cl2N9O6S/c1-51(2)20-10-12-38(59)53-23-24-55(39(60)28-53)41-14-13-30(62-41)15-19-48-36(57)11-8-6-4-3-5-7-9-18-47-37(58)27-54-22-17-35(50-54)31-25-33(45)43(46)44-42(31)32-26-52(40(61)29-56)21-16-34(32)49-44/h10,12-14,17,22,25,37,40,47,49,56,58,61H,3-9,11,15-16,18-21,23-24,26-29H2,1-2H3,(H,48,57)/b12-10+. The van der Waals surface area contributed by atoms with Crippen LogP contribution in [-0.2, 0) is 40.3 Å². The van der Waals surface area contributed by atoms with Crippen molar-refractivity contribution in [2.45, 2.75) is 89.8 Å². The van der Waals surface area contributed by atoms with Gasteiger partial charge in [-0.3, -0.25) is 29.3 Å². The summed E-state index contributed by atoms with van der Waals surface area (Å²) in [5.41, 5.74) is 4.23. The molecular formula is C44H61Cl2N9O6S. The second-order valence-corrected chi connectivity index (χ2v) is 18.3. The Labute approximate surface area is 377 Å². The number of nitrogens with zero attached hydrogens (tertiary/aromatic N) is 6. The maximum Gasteiger partial charge on any atom is 0.247 e. The zero-order valence-electron chi connectivity index (χ0n) is 35.8. The number of benzene rings is 1. The van der Waals surface area contributed by atoms with Crippen molar-refractivity contribution in [2.24, 2.45) is 0 Å². The summed E-state index contributed by atoms with van der Waals surface area (Å²) in [7, 11) is 3.87. The third-order valence-corrected chi connectivity index (χ3v) is 13.3. The van der Waals surface area contributed by atoms with Crippen molar-refractivity contribution in [1.82, 2.24) is 40.1 Å². The van der Waals surface area contributed by atoms with E-state index in [0.29, 0.717) is 80.8 Å². The number of hydrogen-bond acceptors (Lipinski definition) is 11. The zero-order valence-corrected chi connectivity index (χ0v) is 38.1. The molecule has 1 saturated heterocycles. The molecular weight excluding hydrogens is 854 g/mol. The third-order valence-electron chi connectivity index (χ3n) is 11.4. The van der Waals surface area contributed by atoms with Crippen molar-refractivity contribution in [3.8, 4) is 11.3 Å². The molecule has 3 aromatic heterocycles. The number of carbonyl (C=O) groups is 3. The SMILES string of the molecule is CN(C)C/C=C/C(=O)N1CCN(c2ccc(CCNC(=O)CCCCCCCCCNC(O)Cn3ccc(-c4cc(Cl)c(Cl)c5[nH]c6c(c45)CN(C(O)CO)CC6)n3)s2)C(=O)C1. The molecule has 6 rings (SSSR count). The average molecular weight is 915 g/mol. The fraction of sp³-hybridized carbons (Fsp3) is 0.545. The number of nitrogens with one attached hydrogen (secondary N) is 3. The van der Waals surface area contributed by atoms with Gasteiger partial charge in [0.25, 0.3) is 0 Å². The molecule has 62 heavy (non-hydrogen) atoms. The lowest BCUT2D eigenvalue weighted by molar-refractivity contribution is -0.133. The lowest BCUT2D eigenvalue weighted by Crippen LogP contribution is -2.51. The van der Waals surface area contributed by atoms with Gasteiger partial charge in [-0.2, -0.15) is 5.10 Å². The molecule has 15 nitrogen and oxygen atoms in total. The van der Waals surface area contributed by atoms with Crippen LogP contribution < -0.4 is 15.5 Å². The van der Waals surface area contributed by atoms with Gasteiger partial charge in [0.2, 0.25) is 17.7 Å². The number of hydrogen-bond donors (Lipinski definition) is 6. The largest absolute Gasteiger partial charge is 0.392 e. The molecule has 18 heteroatoms. The summed E-state index contributed by atoms with van der Waals surface area (Å²) in [5.74, 6) is -0.166. The van der Waals surface area contributed by atoms with Crippen molar-refractivity contribution in [1.29, 1.82) is 0 Å². The van der Waals surface area contributed by atoms with Crippen LogP contribution in [0.3, 0.4) is 0 Å². The van der Waals surface area contributed by atoms with E-state index in [1.54, 1.807) is 31.9 Å². The Morgan fingerprint density at radius 3 is 2.55 bits per heavy atom. The Morgan fingerprint density at radius 2 is 1.79 bits per heavy atom. The average Bonchev–Trinajstić information content (AvgIpc) is 4.01. The summed E-state index contributed by atoms with van der Waals surface area (Å²) in [4.78, 5) is 49.4. The molecule has 2 aliphatic rings. The second-order valence-electron chi connectivity index (χ2n) is 16.4. The number of aliphatic hydroxyl groups excluding tert-OH is 3. The van der Waals surface area contributed by atoms with Crippen LogP contribution in [0.15, 0.2) is 42.6 Å². The summed E-state index contributed by atoms with van der Waals surface area (Å²) in [5, 5.41) is 44.1. The van der Waals surface area contributed by atoms with Gasteiger partial charge < -0.3 is 40.3 Å². The number of halogens is 2. The fourth-order valence-electron chi connectivity index (χ4n) is 7.97. The Hall–Kier alpha value is -3.84. The zero-order chi connectivity index (χ0) is 44.2. The molecule has 0 spiro atoms. The first-order valence-corrected chi connectivity index (χ1v) is 23.2. The Balaban J connectivity index is 0.807. The summed E-state index contributed by atoms with van der Waals surface area (Å²) in [6.45, 7) is 3.90. The molecule has 0 aliphatic carbocycles. The van der Waals surface area contributed by atoms with Gasteiger partial charge in [-0.15, -0.1) is 11.3 Å². The number of aromatic amines is 1. The molecule has 0 saturated carbocycles. The van der Waals surface area contributed by atoms with Gasteiger partial charge in [0.05, 0.1) is 39.4 Å². The number of thiophene rings is 1. The molecule has 3 amide bonds. The minimum Gasteiger partial charge on any atom is -0.392 e. The number of amides is 3. The highest BCUT2D eigenvalue weighted by Crippen LogP contribution is 2.42. The summed E-state index contributed by atoms with van der Waals surface area (Å²) in [6.07, 6.45) is 12.5. The van der Waals surface area contributed by atoms with E-state index < -0.39 is 12.5 Å². The smallest absolute Gasteiger partial charge is 0.247 e. The quantitative estimate of drug-likeness (QED) is 0.0346. The fourth-order valence-corrected chi connectivity index (χ4v) is 9.41. The minimum atomic E-state index is -0.950. The van der Waals surface area contributed by atoms with Gasteiger partial charge in [-0.1, -0.05) is 61.4 Å². The Bertz CT molecular complexity index is 2150. The molecule has 2 unspecified atom stereocenters. The highest BCUT2D eigenvalue weighted by Gasteiger charge is 2.29. The number of likely N-dealkylation sites (N-methyl/N-ethyl adjacent to an activating group) is 1. The Kier molecular flexibility index (Phi) is 17.8. The molecule has 1 fully saturated rings. The van der Waals surface area contributed by atoms with Crippen LogP contribution in [0.2, 0.25) is 10.0 Å². The van der Waals surface area contributed by atoms with Gasteiger partial charge in [-0.25, -0.2) is 0 Å². The van der Waals surface area contributed by atoms with E-state index in [2.05, 4.69) is 15.6 Å². The normalized spacial score (nSPS) is 15.9. The molecule has 4 aromatic rings. The highest BCUT2D eigenvalue weighted by molar-refractivity contribution is 7.16. The van der Waals surface area contributed by atoms with Crippen LogP contribution in [0.1, 0.15) is 67.5 Å². The predicted octanol–water partition coefficient (Wildman–Crippen LogP) is 4.75. The molecule has 2 atom stereocenters. The van der Waals surface area contributed by atoms with E-state index in [9.17, 15) is 29.7 Å². The number of anilines is 1. The van der Waals surface area contributed by atoms with Crippen LogP contribution in [0.4, 0.5) is 5.00 Å². The van der Waals surface area contributed by atoms with Crippen molar-refractivity contribution < 1.29 is 29.7 Å². The van der Waals surface area contributed by atoms with Crippen LogP contribution in [0.5, 0.6) is 0 Å². The molecule has 0 bridgehead atoms. The molecule has 0 radical (unpaired) electrons. The van der Waals surface area contributed by atoms with Crippen LogP contribution in [0.25, 0.3) is 22.2 Å². The number of aromatic nitrogens is 3. The summed E-state index contributed by atoms with van der Waals surface area (Å²) < 4.78 is 1.70. The molecule has 2 aliphatic heterocycles. The van der Waals surface area contributed by atoms with Gasteiger partial charge in [0, 0.05) is 85.9 Å². The monoisotopic (exact) mass is 913 g/mol. The summed E-state index contributed by atoms with van der Waals surface area (Å²) >= 11 is 14.7. The van der Waals surface area contributed by atoms with Crippen molar-refractivity contribution >= 4 is 68.2 Å². The number of carbonyl (C=O) groups excluding carboxylic acids is 3. The van der Waals surface area contributed by atoms with E-state index in [4.69, 9.17) is 28.3 Å². The number of piperazine rings is 1. The highest BCUT2D eigenvalue weighted by atomic mass is 35.5. The van der Waals surface area contributed by atoms with Crippen molar-refractivity contribution in [3.05, 3.63) is 68.8 Å². The van der Waals surface area contributed by atoms with Crippen LogP contribution >= 0.6 is 34.5 Å². The van der Waals surface area contributed by atoms with Crippen LogP contribution in [0, 0.1) is 0 Å². The van der Waals surface area contributed by atoms with E-state index in [-0.39, 0.29) is 37.4 Å². The van der Waals surface area contributed by atoms with E-state index in [1.165, 1.54) is 6.08 Å². The third kappa shape index (κ3) is 12.9. The number of fused-ring (bicyclic) bond motifs is 3. The number of H-pyrrole nitrogens is 1. The maximum absolute atomic E-state index is 12.8. The van der Waals surface area contributed by atoms with Crippen LogP contribution in [-0.4, -0.2) is 141 Å². The van der Waals surface area contributed by atoms with Gasteiger partial charge in [0.15, 0.2) is 0 Å². The molecule has 1 aromatic carbocycles. The lowest BCUT2D eigenvalue weighted by Gasteiger charge is -2.33.